The number of ether oxygens (including phenoxy) is 1. The number of carboxylic acids is 1. The van der Waals surface area contributed by atoms with E-state index in [1.165, 1.54) is 0 Å². The minimum atomic E-state index is -0.800. The first-order valence-electron chi connectivity index (χ1n) is 9.03. The fourth-order valence-electron chi connectivity index (χ4n) is 3.86. The number of nitrogens with zero attached hydrogens (tertiary/aromatic N) is 1. The summed E-state index contributed by atoms with van der Waals surface area (Å²) < 4.78 is 5.71. The molecule has 138 valence electrons. The molecule has 0 spiro atoms. The molecule has 0 radical (unpaired) electrons. The summed E-state index contributed by atoms with van der Waals surface area (Å²) in [5.74, 6) is -0.333. The molecule has 0 aromatic heterocycles. The smallest absolute Gasteiger partial charge is 0.317 e. The fourth-order valence-corrected chi connectivity index (χ4v) is 3.86. The number of hydrogen-bond donors (Lipinski definition) is 3. The molecular weight excluding hydrogens is 310 g/mol. The Hall–Kier alpha value is -1.34. The number of carboxylic acid groups (broad SMARTS) is 1. The second kappa shape index (κ2) is 8.67. The van der Waals surface area contributed by atoms with E-state index in [-0.39, 0.29) is 36.9 Å². The standard InChI is InChI=1S/C17H31N3O4/c1-4-20(10-16(21)22)15-7-14(8-15)19-17(23)18-9-13-5-11(2)24-12(3)6-13/h11-15H,4-10H2,1-3H3,(H,21,22)(H2,18,19,23). The highest BCUT2D eigenvalue weighted by molar-refractivity contribution is 5.74. The molecule has 1 aliphatic carbocycles. The van der Waals surface area contributed by atoms with Crippen LogP contribution in [0.4, 0.5) is 4.79 Å². The molecule has 2 atom stereocenters. The predicted octanol–water partition coefficient (Wildman–Crippen LogP) is 1.43. The molecule has 2 aliphatic rings. The number of likely N-dealkylation sites (N-methyl/N-ethyl adjacent to an activating group) is 1. The molecule has 2 amide bonds. The molecule has 2 rings (SSSR count). The van der Waals surface area contributed by atoms with Crippen molar-refractivity contribution in [2.75, 3.05) is 19.6 Å². The van der Waals surface area contributed by atoms with Gasteiger partial charge in [0.05, 0.1) is 18.8 Å². The average Bonchev–Trinajstić information content (AvgIpc) is 2.45. The molecule has 1 aliphatic heterocycles. The van der Waals surface area contributed by atoms with E-state index in [4.69, 9.17) is 9.84 Å². The maximum absolute atomic E-state index is 12.0. The van der Waals surface area contributed by atoms with E-state index in [2.05, 4.69) is 24.5 Å². The van der Waals surface area contributed by atoms with Crippen LogP contribution in [0.3, 0.4) is 0 Å². The van der Waals surface area contributed by atoms with E-state index >= 15 is 0 Å². The van der Waals surface area contributed by atoms with Gasteiger partial charge in [-0.25, -0.2) is 4.79 Å². The molecule has 0 aromatic rings. The Morgan fingerprint density at radius 2 is 1.79 bits per heavy atom. The Kier molecular flexibility index (Phi) is 6.86. The molecule has 1 saturated heterocycles. The van der Waals surface area contributed by atoms with E-state index in [0.717, 1.165) is 32.2 Å². The lowest BCUT2D eigenvalue weighted by Gasteiger charge is -2.42. The zero-order chi connectivity index (χ0) is 17.7. The minimum absolute atomic E-state index is 0.0696. The van der Waals surface area contributed by atoms with Crippen LogP contribution < -0.4 is 10.6 Å². The normalized spacial score (nSPS) is 32.9. The largest absolute Gasteiger partial charge is 0.480 e. The Bertz CT molecular complexity index is 430. The highest BCUT2D eigenvalue weighted by Gasteiger charge is 2.34. The van der Waals surface area contributed by atoms with Gasteiger partial charge in [0.2, 0.25) is 0 Å². The SMILES string of the molecule is CCN(CC(=O)O)C1CC(NC(=O)NCC2CC(C)OC(C)C2)C1. The van der Waals surface area contributed by atoms with Gasteiger partial charge in [0.1, 0.15) is 0 Å². The molecule has 0 bridgehead atoms. The summed E-state index contributed by atoms with van der Waals surface area (Å²) in [6.45, 7) is 7.59. The third kappa shape index (κ3) is 5.63. The number of rotatable bonds is 7. The zero-order valence-corrected chi connectivity index (χ0v) is 15.0. The zero-order valence-electron chi connectivity index (χ0n) is 15.0. The summed E-state index contributed by atoms with van der Waals surface area (Å²) in [4.78, 5) is 24.8. The highest BCUT2D eigenvalue weighted by atomic mass is 16.5. The fraction of sp³-hybridized carbons (Fsp3) is 0.882. The molecular formula is C17H31N3O4. The number of amides is 2. The van der Waals surface area contributed by atoms with E-state index in [9.17, 15) is 9.59 Å². The van der Waals surface area contributed by atoms with Gasteiger partial charge in [0, 0.05) is 18.6 Å². The van der Waals surface area contributed by atoms with Crippen LogP contribution in [0.2, 0.25) is 0 Å². The number of urea groups is 1. The number of carbonyl (C=O) groups excluding carboxylic acids is 1. The van der Waals surface area contributed by atoms with E-state index < -0.39 is 5.97 Å². The van der Waals surface area contributed by atoms with Crippen molar-refractivity contribution in [1.29, 1.82) is 0 Å². The number of carbonyl (C=O) groups is 2. The first kappa shape index (κ1) is 19.0. The molecule has 1 heterocycles. The second-order valence-electron chi connectivity index (χ2n) is 7.23. The predicted molar refractivity (Wildman–Crippen MR) is 91.0 cm³/mol. The Balaban J connectivity index is 1.63. The molecule has 2 unspecified atom stereocenters. The summed E-state index contributed by atoms with van der Waals surface area (Å²) in [7, 11) is 0. The lowest BCUT2D eigenvalue weighted by atomic mass is 9.85. The quantitative estimate of drug-likeness (QED) is 0.652. The Morgan fingerprint density at radius 3 is 2.33 bits per heavy atom. The highest BCUT2D eigenvalue weighted by Crippen LogP contribution is 2.26. The Labute approximate surface area is 144 Å². The van der Waals surface area contributed by atoms with Gasteiger partial charge in [-0.1, -0.05) is 6.92 Å². The van der Waals surface area contributed by atoms with Crippen molar-refractivity contribution in [3.8, 4) is 0 Å². The average molecular weight is 341 g/mol. The molecule has 7 nitrogen and oxygen atoms in total. The van der Waals surface area contributed by atoms with Crippen LogP contribution in [0.5, 0.6) is 0 Å². The summed E-state index contributed by atoms with van der Waals surface area (Å²) in [6.07, 6.45) is 4.11. The summed E-state index contributed by atoms with van der Waals surface area (Å²) >= 11 is 0. The monoisotopic (exact) mass is 341 g/mol. The number of nitrogens with one attached hydrogen (secondary N) is 2. The maximum Gasteiger partial charge on any atom is 0.317 e. The van der Waals surface area contributed by atoms with Gasteiger partial charge in [0.25, 0.3) is 0 Å². The van der Waals surface area contributed by atoms with Crippen LogP contribution in [0.15, 0.2) is 0 Å². The molecule has 0 aromatic carbocycles. The van der Waals surface area contributed by atoms with Crippen molar-refractivity contribution < 1.29 is 19.4 Å². The van der Waals surface area contributed by atoms with Gasteiger partial charge in [-0.15, -0.1) is 0 Å². The second-order valence-corrected chi connectivity index (χ2v) is 7.23. The minimum Gasteiger partial charge on any atom is -0.480 e. The Morgan fingerprint density at radius 1 is 1.17 bits per heavy atom. The summed E-state index contributed by atoms with van der Waals surface area (Å²) in [5, 5.41) is 14.9. The van der Waals surface area contributed by atoms with Gasteiger partial charge in [-0.2, -0.15) is 0 Å². The third-order valence-corrected chi connectivity index (χ3v) is 5.06. The first-order chi connectivity index (χ1) is 11.4. The van der Waals surface area contributed by atoms with E-state index in [1.54, 1.807) is 0 Å². The van der Waals surface area contributed by atoms with Gasteiger partial charge in [0.15, 0.2) is 0 Å². The van der Waals surface area contributed by atoms with Crippen molar-refractivity contribution in [2.24, 2.45) is 5.92 Å². The summed E-state index contributed by atoms with van der Waals surface area (Å²) in [5.41, 5.74) is 0. The van der Waals surface area contributed by atoms with Crippen LogP contribution in [0.1, 0.15) is 46.5 Å². The topological polar surface area (TPSA) is 90.9 Å². The first-order valence-corrected chi connectivity index (χ1v) is 9.03. The molecule has 2 fully saturated rings. The van der Waals surface area contributed by atoms with Gasteiger partial charge in [-0.05, 0) is 52.0 Å². The van der Waals surface area contributed by atoms with Crippen molar-refractivity contribution >= 4 is 12.0 Å². The molecule has 24 heavy (non-hydrogen) atoms. The van der Waals surface area contributed by atoms with Crippen LogP contribution in [0.25, 0.3) is 0 Å². The van der Waals surface area contributed by atoms with Crippen molar-refractivity contribution in [1.82, 2.24) is 15.5 Å². The third-order valence-electron chi connectivity index (χ3n) is 5.06. The van der Waals surface area contributed by atoms with Gasteiger partial charge in [-0.3, -0.25) is 9.69 Å². The summed E-state index contributed by atoms with van der Waals surface area (Å²) in [6, 6.07) is 0.283. The van der Waals surface area contributed by atoms with Crippen LogP contribution in [0, 0.1) is 5.92 Å². The van der Waals surface area contributed by atoms with Crippen LogP contribution >= 0.6 is 0 Å². The molecule has 1 saturated carbocycles. The molecule has 3 N–H and O–H groups in total. The lowest BCUT2D eigenvalue weighted by Crippen LogP contribution is -2.56. The lowest BCUT2D eigenvalue weighted by molar-refractivity contribution is -0.139. The van der Waals surface area contributed by atoms with E-state index in [0.29, 0.717) is 12.5 Å². The van der Waals surface area contributed by atoms with E-state index in [1.807, 2.05) is 11.8 Å². The van der Waals surface area contributed by atoms with Crippen molar-refractivity contribution in [2.45, 2.75) is 70.7 Å². The molecule has 7 heteroatoms. The van der Waals surface area contributed by atoms with Crippen LogP contribution in [-0.4, -0.2) is 65.9 Å². The van der Waals surface area contributed by atoms with Gasteiger partial charge >= 0.3 is 12.0 Å². The number of aliphatic carboxylic acids is 1. The van der Waals surface area contributed by atoms with Crippen LogP contribution in [-0.2, 0) is 9.53 Å². The van der Waals surface area contributed by atoms with Crippen molar-refractivity contribution in [3.05, 3.63) is 0 Å². The number of hydrogen-bond acceptors (Lipinski definition) is 4. The van der Waals surface area contributed by atoms with Gasteiger partial charge < -0.3 is 20.5 Å². The maximum atomic E-state index is 12.0. The van der Waals surface area contributed by atoms with Crippen molar-refractivity contribution in [3.63, 3.8) is 0 Å².